The fraction of sp³-hybridized carbons (Fsp3) is 0.500. The number of nitrogens with zero attached hydrogens (tertiary/aromatic N) is 2. The molecular weight excluding hydrogens is 92.1 g/mol. The molecule has 1 aliphatic heterocycles. The molecule has 0 saturated carbocycles. The summed E-state index contributed by atoms with van der Waals surface area (Å²) in [6.07, 6.45) is 2.45. The maximum absolute atomic E-state index is 8.11. The Morgan fingerprint density at radius 3 is 3.14 bits per heavy atom. The minimum atomic E-state index is -0.236. The summed E-state index contributed by atoms with van der Waals surface area (Å²) in [6.45, 7) is 0.372. The Kier molecular flexibility index (Phi) is 0.947. The first-order chi connectivity index (χ1) is 3.43. The second-order valence-electron chi connectivity index (χ2n) is 1.20. The summed E-state index contributed by atoms with van der Waals surface area (Å²) in [5, 5.41) is 11.4. The second-order valence-corrected chi connectivity index (χ2v) is 1.20. The Hall–Kier alpha value is -1.04. The van der Waals surface area contributed by atoms with E-state index in [0.29, 0.717) is 6.61 Å². The van der Waals surface area contributed by atoms with Crippen LogP contribution in [-0.2, 0) is 4.84 Å². The summed E-state index contributed by atoms with van der Waals surface area (Å²) in [4.78, 5) is 4.44. The van der Waals surface area contributed by atoms with E-state index in [4.69, 9.17) is 5.26 Å². The van der Waals surface area contributed by atoms with Gasteiger partial charge in [-0.1, -0.05) is 5.16 Å². The van der Waals surface area contributed by atoms with Gasteiger partial charge in [0.25, 0.3) is 0 Å². The van der Waals surface area contributed by atoms with Gasteiger partial charge in [0.15, 0.2) is 0 Å². The summed E-state index contributed by atoms with van der Waals surface area (Å²) in [5.74, 6) is -0.236. The zero-order valence-corrected chi connectivity index (χ0v) is 3.59. The Morgan fingerprint density at radius 2 is 2.86 bits per heavy atom. The summed E-state index contributed by atoms with van der Waals surface area (Å²) < 4.78 is 0. The van der Waals surface area contributed by atoms with E-state index >= 15 is 0 Å². The van der Waals surface area contributed by atoms with E-state index in [9.17, 15) is 0 Å². The first-order valence-corrected chi connectivity index (χ1v) is 1.90. The lowest BCUT2D eigenvalue weighted by Crippen LogP contribution is -1.96. The summed E-state index contributed by atoms with van der Waals surface area (Å²) in [5.41, 5.74) is 0. The number of hydrogen-bond donors (Lipinski definition) is 0. The highest BCUT2D eigenvalue weighted by molar-refractivity contribution is 5.64. The molecule has 1 rings (SSSR count). The third kappa shape index (κ3) is 0.686. The maximum Gasteiger partial charge on any atom is 0.138 e. The van der Waals surface area contributed by atoms with Crippen molar-refractivity contribution in [3.63, 3.8) is 0 Å². The molecule has 0 aromatic carbocycles. The van der Waals surface area contributed by atoms with Gasteiger partial charge in [0.2, 0.25) is 0 Å². The van der Waals surface area contributed by atoms with Gasteiger partial charge in [-0.05, 0) is 0 Å². The van der Waals surface area contributed by atoms with Gasteiger partial charge in [0.05, 0.1) is 6.07 Å². The van der Waals surface area contributed by atoms with Crippen molar-refractivity contribution in [1.29, 1.82) is 5.26 Å². The average Bonchev–Trinajstić information content (AvgIpc) is 2.14. The monoisotopic (exact) mass is 95.0 g/mol. The molecule has 1 atom stereocenters. The number of rotatable bonds is 0. The normalized spacial score (nSPS) is 26.4. The van der Waals surface area contributed by atoms with Crippen LogP contribution in [-0.4, -0.2) is 12.8 Å². The fourth-order valence-electron chi connectivity index (χ4n) is 0.316. The summed E-state index contributed by atoms with van der Waals surface area (Å²) >= 11 is 0. The molecule has 3 nitrogen and oxygen atoms in total. The zero-order valence-electron chi connectivity index (χ0n) is 3.59. The van der Waals surface area contributed by atoms with Crippen LogP contribution in [0.25, 0.3) is 0 Å². The van der Waals surface area contributed by atoms with Crippen molar-refractivity contribution in [2.75, 3.05) is 6.61 Å². The first-order valence-electron chi connectivity index (χ1n) is 1.90. The SMILES string of the molecule is N#CC1[C]=NOC1. The van der Waals surface area contributed by atoms with Crippen molar-refractivity contribution >= 4 is 6.21 Å². The molecule has 0 aromatic heterocycles. The van der Waals surface area contributed by atoms with Crippen LogP contribution in [0.15, 0.2) is 5.16 Å². The van der Waals surface area contributed by atoms with Gasteiger partial charge in [0.1, 0.15) is 18.7 Å². The standard InChI is InChI=1S/C4H3N2O/c5-1-4-2-6-7-3-4/h4H,3H2. The number of hydrogen-bond acceptors (Lipinski definition) is 3. The molecule has 0 N–H and O–H groups in total. The van der Waals surface area contributed by atoms with Crippen molar-refractivity contribution in [2.24, 2.45) is 11.1 Å². The molecule has 0 bridgehead atoms. The highest BCUT2D eigenvalue weighted by atomic mass is 16.6. The third-order valence-electron chi connectivity index (χ3n) is 0.670. The molecule has 1 aliphatic rings. The van der Waals surface area contributed by atoms with Gasteiger partial charge in [-0.2, -0.15) is 5.26 Å². The van der Waals surface area contributed by atoms with Crippen molar-refractivity contribution in [1.82, 2.24) is 0 Å². The Balaban J connectivity index is 2.47. The number of nitriles is 1. The van der Waals surface area contributed by atoms with Crippen molar-refractivity contribution in [2.45, 2.75) is 0 Å². The quantitative estimate of drug-likeness (QED) is 0.425. The van der Waals surface area contributed by atoms with Crippen LogP contribution < -0.4 is 0 Å². The van der Waals surface area contributed by atoms with Gasteiger partial charge >= 0.3 is 0 Å². The molecule has 0 aromatic rings. The molecular formula is C4H3N2O. The molecule has 1 radical (unpaired) electrons. The molecule has 35 valence electrons. The van der Waals surface area contributed by atoms with Gasteiger partial charge in [-0.15, -0.1) is 0 Å². The maximum atomic E-state index is 8.11. The van der Waals surface area contributed by atoms with E-state index in [1.165, 1.54) is 0 Å². The van der Waals surface area contributed by atoms with Crippen molar-refractivity contribution in [3.05, 3.63) is 0 Å². The van der Waals surface area contributed by atoms with Crippen LogP contribution in [0.1, 0.15) is 0 Å². The molecule has 3 heteroatoms. The van der Waals surface area contributed by atoms with E-state index in [1.54, 1.807) is 0 Å². The van der Waals surface area contributed by atoms with Crippen molar-refractivity contribution in [3.8, 4) is 6.07 Å². The molecule has 1 heterocycles. The molecule has 7 heavy (non-hydrogen) atoms. The van der Waals surface area contributed by atoms with Crippen LogP contribution in [0.2, 0.25) is 0 Å². The van der Waals surface area contributed by atoms with Crippen molar-refractivity contribution < 1.29 is 4.84 Å². The highest BCUT2D eigenvalue weighted by Gasteiger charge is 2.09. The molecule has 0 fully saturated rings. The largest absolute Gasteiger partial charge is 0.394 e. The lowest BCUT2D eigenvalue weighted by Gasteiger charge is -1.83. The lowest BCUT2D eigenvalue weighted by molar-refractivity contribution is 0.163. The van der Waals surface area contributed by atoms with Gasteiger partial charge in [-0.3, -0.25) is 0 Å². The third-order valence-corrected chi connectivity index (χ3v) is 0.670. The predicted octanol–water partition coefficient (Wildman–Crippen LogP) is 0.0192. The van der Waals surface area contributed by atoms with Gasteiger partial charge in [-0.25, -0.2) is 0 Å². The Labute approximate surface area is 41.2 Å². The van der Waals surface area contributed by atoms with E-state index in [1.807, 2.05) is 6.07 Å². The topological polar surface area (TPSA) is 45.4 Å². The van der Waals surface area contributed by atoms with E-state index in [0.717, 1.165) is 0 Å². The molecule has 0 spiro atoms. The molecule has 0 saturated heterocycles. The minimum absolute atomic E-state index is 0.236. The Bertz CT molecular complexity index is 124. The van der Waals surface area contributed by atoms with Crippen LogP contribution in [0.4, 0.5) is 0 Å². The second kappa shape index (κ2) is 1.61. The fourth-order valence-corrected chi connectivity index (χ4v) is 0.316. The van der Waals surface area contributed by atoms with Gasteiger partial charge in [0, 0.05) is 0 Å². The van der Waals surface area contributed by atoms with Crippen LogP contribution >= 0.6 is 0 Å². The highest BCUT2D eigenvalue weighted by Crippen LogP contribution is 1.98. The molecule has 1 unspecified atom stereocenters. The first kappa shape index (κ1) is 4.13. The van der Waals surface area contributed by atoms with Gasteiger partial charge < -0.3 is 4.84 Å². The van der Waals surface area contributed by atoms with Crippen LogP contribution in [0.3, 0.4) is 0 Å². The summed E-state index contributed by atoms with van der Waals surface area (Å²) in [6, 6.07) is 1.93. The minimum Gasteiger partial charge on any atom is -0.394 e. The lowest BCUT2D eigenvalue weighted by atomic mass is 10.2. The van der Waals surface area contributed by atoms with Crippen LogP contribution in [0, 0.1) is 17.2 Å². The zero-order chi connectivity index (χ0) is 5.11. The Morgan fingerprint density at radius 1 is 2.00 bits per heavy atom. The predicted molar refractivity (Wildman–Crippen MR) is 22.5 cm³/mol. The average molecular weight is 95.1 g/mol. The van der Waals surface area contributed by atoms with E-state index in [-0.39, 0.29) is 5.92 Å². The van der Waals surface area contributed by atoms with E-state index in [2.05, 4.69) is 16.2 Å². The van der Waals surface area contributed by atoms with Crippen LogP contribution in [0.5, 0.6) is 0 Å². The summed E-state index contributed by atoms with van der Waals surface area (Å²) in [7, 11) is 0. The molecule has 0 aliphatic carbocycles. The smallest absolute Gasteiger partial charge is 0.138 e. The molecule has 0 amide bonds. The van der Waals surface area contributed by atoms with E-state index < -0.39 is 0 Å².